The van der Waals surface area contributed by atoms with Crippen molar-refractivity contribution in [1.82, 2.24) is 15.5 Å². The van der Waals surface area contributed by atoms with E-state index in [1.165, 1.54) is 6.92 Å². The number of ether oxygens (including phenoxy) is 2. The fourth-order valence-electron chi connectivity index (χ4n) is 6.16. The molecule has 0 aromatic heterocycles. The molecule has 12 heteroatoms. The van der Waals surface area contributed by atoms with E-state index in [0.29, 0.717) is 32.0 Å². The molecule has 2 heterocycles. The first-order chi connectivity index (χ1) is 21.8. The Kier molecular flexibility index (Phi) is 12.6. The minimum Gasteiger partial charge on any atom is -0.459 e. The molecule has 1 aromatic carbocycles. The van der Waals surface area contributed by atoms with E-state index in [-0.39, 0.29) is 44.4 Å². The summed E-state index contributed by atoms with van der Waals surface area (Å²) in [4.78, 5) is 54.9. The number of nitrogens with zero attached hydrogens (tertiary/aromatic N) is 1. The summed E-state index contributed by atoms with van der Waals surface area (Å²) in [5.41, 5.74) is -2.05. The van der Waals surface area contributed by atoms with Gasteiger partial charge in [0, 0.05) is 25.9 Å². The van der Waals surface area contributed by atoms with E-state index < -0.39 is 46.5 Å². The monoisotopic (exact) mass is 657 g/mol. The van der Waals surface area contributed by atoms with Crippen molar-refractivity contribution < 1.29 is 38.0 Å². The number of hydrogen-bond acceptors (Lipinski definition) is 8. The normalized spacial score (nSPS) is 22.8. The Hall–Kier alpha value is -3.12. The molecular formula is C35H56BN3O8. The Morgan fingerprint density at radius 2 is 1.64 bits per heavy atom. The number of nitrogens with one attached hydrogen (secondary N) is 2. The third kappa shape index (κ3) is 10.2. The summed E-state index contributed by atoms with van der Waals surface area (Å²) in [6, 6.07) is 8.10. The van der Waals surface area contributed by atoms with Crippen LogP contribution in [0.15, 0.2) is 30.3 Å². The predicted octanol–water partition coefficient (Wildman–Crippen LogP) is 5.41. The van der Waals surface area contributed by atoms with Crippen LogP contribution in [0, 0.1) is 5.92 Å². The van der Waals surface area contributed by atoms with Crippen molar-refractivity contribution >= 4 is 31.0 Å². The zero-order chi connectivity index (χ0) is 35.2. The van der Waals surface area contributed by atoms with Gasteiger partial charge in [-0.25, -0.2) is 9.59 Å². The molecular weight excluding hydrogens is 601 g/mol. The number of amides is 3. The first-order valence-electron chi connectivity index (χ1n) is 16.9. The molecule has 3 amide bonds. The standard InChI is InChI=1S/C35H56BN3O8/c1-24(2)28(38-31(43)45-32(4,5)6)29(41)37-27-18-21-39(25(3)40)35(22-27,30(42)44-23-26-16-12-11-13-17-26)19-14-15-20-36-46-33(7,8)34(9,10)47-36/h11-13,16-17,24,27-28H,14-15,18-23H2,1-10H3,(H,37,41)(H,38,43)/t27-,28+,35+/m0/s1. The summed E-state index contributed by atoms with van der Waals surface area (Å²) >= 11 is 0. The summed E-state index contributed by atoms with van der Waals surface area (Å²) in [5.74, 6) is -1.34. The van der Waals surface area contributed by atoms with Gasteiger partial charge < -0.3 is 34.3 Å². The smallest absolute Gasteiger partial charge is 0.457 e. The summed E-state index contributed by atoms with van der Waals surface area (Å²) in [6.07, 6.45) is 2.22. The molecule has 2 N–H and O–H groups in total. The number of esters is 1. The van der Waals surface area contributed by atoms with Gasteiger partial charge in [0.2, 0.25) is 11.8 Å². The van der Waals surface area contributed by atoms with Crippen LogP contribution in [-0.2, 0) is 39.8 Å². The highest BCUT2D eigenvalue weighted by Gasteiger charge is 2.52. The molecule has 3 rings (SSSR count). The van der Waals surface area contributed by atoms with Crippen LogP contribution in [0.2, 0.25) is 6.32 Å². The first kappa shape index (κ1) is 38.3. The zero-order valence-electron chi connectivity index (χ0n) is 30.1. The van der Waals surface area contributed by atoms with Crippen molar-refractivity contribution in [1.29, 1.82) is 0 Å². The Morgan fingerprint density at radius 1 is 1.02 bits per heavy atom. The predicted molar refractivity (Wildman–Crippen MR) is 180 cm³/mol. The van der Waals surface area contributed by atoms with Crippen molar-refractivity contribution in [2.75, 3.05) is 6.54 Å². The van der Waals surface area contributed by atoms with Crippen LogP contribution in [0.25, 0.3) is 0 Å². The van der Waals surface area contributed by atoms with Crippen LogP contribution < -0.4 is 10.6 Å². The Morgan fingerprint density at radius 3 is 2.19 bits per heavy atom. The molecule has 2 aliphatic rings. The van der Waals surface area contributed by atoms with Crippen LogP contribution >= 0.6 is 0 Å². The third-order valence-corrected chi connectivity index (χ3v) is 9.32. The van der Waals surface area contributed by atoms with Gasteiger partial charge in [0.25, 0.3) is 0 Å². The molecule has 0 saturated carbocycles. The number of likely N-dealkylation sites (tertiary alicyclic amines) is 1. The summed E-state index contributed by atoms with van der Waals surface area (Å²) in [7, 11) is -0.367. The zero-order valence-corrected chi connectivity index (χ0v) is 30.1. The van der Waals surface area contributed by atoms with Gasteiger partial charge in [-0.3, -0.25) is 9.59 Å². The highest BCUT2D eigenvalue weighted by molar-refractivity contribution is 6.45. The summed E-state index contributed by atoms with van der Waals surface area (Å²) in [6.45, 7) is 18.8. The molecule has 0 spiro atoms. The molecule has 1 aromatic rings. The van der Waals surface area contributed by atoms with E-state index >= 15 is 0 Å². The molecule has 11 nitrogen and oxygen atoms in total. The van der Waals surface area contributed by atoms with Gasteiger partial charge >= 0.3 is 19.2 Å². The fourth-order valence-corrected chi connectivity index (χ4v) is 6.16. The summed E-state index contributed by atoms with van der Waals surface area (Å²) in [5, 5.41) is 5.77. The van der Waals surface area contributed by atoms with Crippen LogP contribution in [0.3, 0.4) is 0 Å². The number of alkyl carbamates (subject to hydrolysis) is 1. The molecule has 2 fully saturated rings. The minimum atomic E-state index is -1.29. The van der Waals surface area contributed by atoms with Gasteiger partial charge in [-0.2, -0.15) is 0 Å². The van der Waals surface area contributed by atoms with Crippen molar-refractivity contribution in [2.24, 2.45) is 5.92 Å². The van der Waals surface area contributed by atoms with E-state index in [0.717, 1.165) is 5.56 Å². The molecule has 0 unspecified atom stereocenters. The highest BCUT2D eigenvalue weighted by Crippen LogP contribution is 2.39. The number of rotatable bonds is 12. The summed E-state index contributed by atoms with van der Waals surface area (Å²) < 4.78 is 23.6. The van der Waals surface area contributed by atoms with Crippen molar-refractivity contribution in [3.63, 3.8) is 0 Å². The van der Waals surface area contributed by atoms with Crippen molar-refractivity contribution in [2.45, 2.75) is 149 Å². The number of benzene rings is 1. The van der Waals surface area contributed by atoms with E-state index in [9.17, 15) is 19.2 Å². The number of unbranched alkanes of at least 4 members (excludes halogenated alkanes) is 1. The molecule has 2 aliphatic heterocycles. The second kappa shape index (κ2) is 15.4. The lowest BCUT2D eigenvalue weighted by Crippen LogP contribution is -2.65. The number of carbonyl (C=O) groups excluding carboxylic acids is 4. The average molecular weight is 658 g/mol. The maximum Gasteiger partial charge on any atom is 0.457 e. The maximum atomic E-state index is 14.1. The number of carbonyl (C=O) groups is 4. The molecule has 0 aliphatic carbocycles. The third-order valence-electron chi connectivity index (χ3n) is 9.32. The van der Waals surface area contributed by atoms with E-state index in [1.807, 2.05) is 71.9 Å². The maximum absolute atomic E-state index is 14.1. The Labute approximate surface area is 281 Å². The molecule has 0 bridgehead atoms. The molecule has 0 radical (unpaired) electrons. The molecule has 262 valence electrons. The number of piperidine rings is 1. The second-order valence-electron chi connectivity index (χ2n) is 15.3. The topological polar surface area (TPSA) is 132 Å². The quantitative estimate of drug-likeness (QED) is 0.173. The van der Waals surface area contributed by atoms with Gasteiger partial charge in [-0.15, -0.1) is 0 Å². The van der Waals surface area contributed by atoms with Gasteiger partial charge in [-0.05, 0) is 79.1 Å². The number of hydrogen-bond donors (Lipinski definition) is 2. The average Bonchev–Trinajstić information content (AvgIpc) is 3.17. The van der Waals surface area contributed by atoms with Gasteiger partial charge in [0.05, 0.1) is 11.2 Å². The van der Waals surface area contributed by atoms with E-state index in [2.05, 4.69) is 10.6 Å². The molecule has 2 saturated heterocycles. The largest absolute Gasteiger partial charge is 0.459 e. The van der Waals surface area contributed by atoms with Gasteiger partial charge in [0.15, 0.2) is 0 Å². The van der Waals surface area contributed by atoms with Crippen molar-refractivity contribution in [3.8, 4) is 0 Å². The molecule has 3 atom stereocenters. The van der Waals surface area contributed by atoms with Crippen LogP contribution in [-0.4, -0.2) is 76.9 Å². The SMILES string of the molecule is CC(=O)N1CC[C@H](NC(=O)[C@H](NC(=O)OC(C)(C)C)C(C)C)C[C@]1(CCCCB1OC(C)(C)C(C)(C)O1)C(=O)OCc1ccccc1. The van der Waals surface area contributed by atoms with Crippen LogP contribution in [0.5, 0.6) is 0 Å². The molecule has 47 heavy (non-hydrogen) atoms. The first-order valence-corrected chi connectivity index (χ1v) is 16.9. The van der Waals surface area contributed by atoms with Crippen molar-refractivity contribution in [3.05, 3.63) is 35.9 Å². The fraction of sp³-hybridized carbons (Fsp3) is 0.714. The van der Waals surface area contributed by atoms with Gasteiger partial charge in [0.1, 0.15) is 23.8 Å². The van der Waals surface area contributed by atoms with E-state index in [4.69, 9.17) is 18.8 Å². The lowest BCUT2D eigenvalue weighted by atomic mass is 9.77. The second-order valence-corrected chi connectivity index (χ2v) is 15.3. The lowest BCUT2D eigenvalue weighted by molar-refractivity contribution is -0.170. The van der Waals surface area contributed by atoms with E-state index in [1.54, 1.807) is 25.7 Å². The lowest BCUT2D eigenvalue weighted by Gasteiger charge is -2.48. The highest BCUT2D eigenvalue weighted by atomic mass is 16.7. The Balaban J connectivity index is 1.80. The minimum absolute atomic E-state index is 0.0628. The van der Waals surface area contributed by atoms with Crippen LogP contribution in [0.4, 0.5) is 4.79 Å². The van der Waals surface area contributed by atoms with Crippen LogP contribution in [0.1, 0.15) is 107 Å². The Bertz CT molecular complexity index is 1230. The van der Waals surface area contributed by atoms with Gasteiger partial charge in [-0.1, -0.05) is 57.0 Å².